The topological polar surface area (TPSA) is 55.8 Å². The molecule has 0 amide bonds. The zero-order chi connectivity index (χ0) is 15.3. The average molecular weight is 280 g/mol. The van der Waals surface area contributed by atoms with Crippen molar-refractivity contribution in [3.8, 4) is 11.5 Å². The van der Waals surface area contributed by atoms with Crippen molar-refractivity contribution in [3.05, 3.63) is 22.3 Å². The van der Waals surface area contributed by atoms with E-state index in [1.165, 1.54) is 6.92 Å². The lowest BCUT2D eigenvalue weighted by Crippen LogP contribution is -2.08. The van der Waals surface area contributed by atoms with Gasteiger partial charge in [0.25, 0.3) is 0 Å². The summed E-state index contributed by atoms with van der Waals surface area (Å²) in [6.07, 6.45) is 2.05. The molecule has 0 radical (unpaired) electrons. The molecule has 112 valence electrons. The van der Waals surface area contributed by atoms with E-state index in [0.717, 1.165) is 29.5 Å². The minimum absolute atomic E-state index is 0.229. The summed E-state index contributed by atoms with van der Waals surface area (Å²) in [5.74, 6) is 0.397. The van der Waals surface area contributed by atoms with Crippen LogP contribution < -0.4 is 4.74 Å². The van der Waals surface area contributed by atoms with Gasteiger partial charge in [-0.05, 0) is 38.3 Å². The molecule has 0 aliphatic rings. The summed E-state index contributed by atoms with van der Waals surface area (Å²) in [5.41, 5.74) is 2.96. The molecule has 0 unspecified atom stereocenters. The SMILES string of the molecule is CCCCOCc1c(C)c(OC(C)=O)c(C)c(C)c1O. The number of aromatic hydroxyl groups is 1. The molecule has 0 heterocycles. The third-order valence-corrected chi connectivity index (χ3v) is 3.47. The molecule has 0 saturated carbocycles. The summed E-state index contributed by atoms with van der Waals surface area (Å²) in [4.78, 5) is 11.2. The van der Waals surface area contributed by atoms with E-state index in [1.54, 1.807) is 0 Å². The fourth-order valence-corrected chi connectivity index (χ4v) is 2.06. The minimum atomic E-state index is -0.362. The number of hydrogen-bond donors (Lipinski definition) is 1. The van der Waals surface area contributed by atoms with Crippen LogP contribution in [0.2, 0.25) is 0 Å². The molecule has 0 saturated heterocycles. The maximum absolute atomic E-state index is 11.2. The Hall–Kier alpha value is -1.55. The molecule has 0 atom stereocenters. The predicted octanol–water partition coefficient (Wildman–Crippen LogP) is 3.56. The first-order chi connectivity index (χ1) is 9.40. The molecule has 0 aliphatic heterocycles. The second kappa shape index (κ2) is 7.29. The third kappa shape index (κ3) is 3.73. The Bertz CT molecular complexity index is 492. The summed E-state index contributed by atoms with van der Waals surface area (Å²) < 4.78 is 10.9. The second-order valence-electron chi connectivity index (χ2n) is 5.03. The molecule has 4 nitrogen and oxygen atoms in total. The number of carbonyl (C=O) groups is 1. The summed E-state index contributed by atoms with van der Waals surface area (Å²) in [6, 6.07) is 0. The largest absolute Gasteiger partial charge is 0.507 e. The molecular weight excluding hydrogens is 256 g/mol. The zero-order valence-electron chi connectivity index (χ0n) is 13.0. The second-order valence-corrected chi connectivity index (χ2v) is 5.03. The van der Waals surface area contributed by atoms with Crippen LogP contribution in [-0.2, 0) is 16.1 Å². The van der Waals surface area contributed by atoms with Crippen molar-refractivity contribution in [1.82, 2.24) is 0 Å². The van der Waals surface area contributed by atoms with Crippen molar-refractivity contribution in [1.29, 1.82) is 0 Å². The van der Waals surface area contributed by atoms with Crippen LogP contribution in [0.3, 0.4) is 0 Å². The van der Waals surface area contributed by atoms with Crippen LogP contribution in [0, 0.1) is 20.8 Å². The van der Waals surface area contributed by atoms with E-state index in [2.05, 4.69) is 6.92 Å². The normalized spacial score (nSPS) is 10.7. The third-order valence-electron chi connectivity index (χ3n) is 3.47. The molecule has 0 bridgehead atoms. The molecule has 0 aliphatic carbocycles. The van der Waals surface area contributed by atoms with E-state index in [1.807, 2.05) is 20.8 Å². The monoisotopic (exact) mass is 280 g/mol. The van der Waals surface area contributed by atoms with Crippen LogP contribution in [0.25, 0.3) is 0 Å². The van der Waals surface area contributed by atoms with Gasteiger partial charge in [0.05, 0.1) is 6.61 Å². The average Bonchev–Trinajstić information content (AvgIpc) is 2.40. The number of rotatable bonds is 6. The lowest BCUT2D eigenvalue weighted by molar-refractivity contribution is -0.132. The number of phenolic OH excluding ortho intramolecular Hbond substituents is 1. The van der Waals surface area contributed by atoms with Gasteiger partial charge < -0.3 is 14.6 Å². The number of hydrogen-bond acceptors (Lipinski definition) is 4. The Kier molecular flexibility index (Phi) is 6.02. The number of phenols is 1. The van der Waals surface area contributed by atoms with Crippen LogP contribution in [-0.4, -0.2) is 17.7 Å². The Morgan fingerprint density at radius 2 is 1.80 bits per heavy atom. The van der Waals surface area contributed by atoms with Gasteiger partial charge in [-0.15, -0.1) is 0 Å². The van der Waals surface area contributed by atoms with E-state index in [-0.39, 0.29) is 11.7 Å². The van der Waals surface area contributed by atoms with Gasteiger partial charge in [0, 0.05) is 24.7 Å². The van der Waals surface area contributed by atoms with Gasteiger partial charge >= 0.3 is 5.97 Å². The maximum atomic E-state index is 11.2. The van der Waals surface area contributed by atoms with E-state index >= 15 is 0 Å². The van der Waals surface area contributed by atoms with Crippen molar-refractivity contribution in [3.63, 3.8) is 0 Å². The van der Waals surface area contributed by atoms with Crippen molar-refractivity contribution in [2.24, 2.45) is 0 Å². The van der Waals surface area contributed by atoms with Crippen LogP contribution in [0.4, 0.5) is 0 Å². The summed E-state index contributed by atoms with van der Waals surface area (Å²) in [5, 5.41) is 10.3. The van der Waals surface area contributed by atoms with Gasteiger partial charge in [-0.2, -0.15) is 0 Å². The molecular formula is C16H24O4. The number of ether oxygens (including phenoxy) is 2. The first kappa shape index (κ1) is 16.5. The lowest BCUT2D eigenvalue weighted by atomic mass is 9.98. The first-order valence-corrected chi connectivity index (χ1v) is 6.97. The summed E-state index contributed by atoms with van der Waals surface area (Å²) >= 11 is 0. The van der Waals surface area contributed by atoms with Gasteiger partial charge in [0.2, 0.25) is 0 Å². The van der Waals surface area contributed by atoms with Gasteiger partial charge in [-0.3, -0.25) is 4.79 Å². The minimum Gasteiger partial charge on any atom is -0.507 e. The van der Waals surface area contributed by atoms with E-state index in [0.29, 0.717) is 24.5 Å². The quantitative estimate of drug-likeness (QED) is 0.492. The van der Waals surface area contributed by atoms with Gasteiger partial charge in [-0.25, -0.2) is 0 Å². The zero-order valence-corrected chi connectivity index (χ0v) is 13.0. The fourth-order valence-electron chi connectivity index (χ4n) is 2.06. The van der Waals surface area contributed by atoms with Crippen LogP contribution >= 0.6 is 0 Å². The van der Waals surface area contributed by atoms with Crippen LogP contribution in [0.1, 0.15) is 48.9 Å². The van der Waals surface area contributed by atoms with Crippen LogP contribution in [0.15, 0.2) is 0 Å². The Morgan fingerprint density at radius 3 is 2.35 bits per heavy atom. The highest BCUT2D eigenvalue weighted by atomic mass is 16.5. The maximum Gasteiger partial charge on any atom is 0.308 e. The summed E-state index contributed by atoms with van der Waals surface area (Å²) in [7, 11) is 0. The smallest absolute Gasteiger partial charge is 0.308 e. The number of carbonyl (C=O) groups excluding carboxylic acids is 1. The number of esters is 1. The fraction of sp³-hybridized carbons (Fsp3) is 0.562. The molecule has 4 heteroatoms. The molecule has 20 heavy (non-hydrogen) atoms. The highest BCUT2D eigenvalue weighted by molar-refractivity contribution is 5.72. The number of benzene rings is 1. The van der Waals surface area contributed by atoms with E-state index < -0.39 is 0 Å². The lowest BCUT2D eigenvalue weighted by Gasteiger charge is -2.18. The molecule has 1 aromatic carbocycles. The number of unbranched alkanes of at least 4 members (excludes halogenated alkanes) is 1. The highest BCUT2D eigenvalue weighted by Crippen LogP contribution is 2.37. The Labute approximate surface area is 120 Å². The molecule has 0 spiro atoms. The first-order valence-electron chi connectivity index (χ1n) is 6.97. The molecule has 0 fully saturated rings. The van der Waals surface area contributed by atoms with E-state index in [4.69, 9.17) is 9.47 Å². The Balaban J connectivity index is 3.09. The molecule has 0 aromatic heterocycles. The van der Waals surface area contributed by atoms with Crippen LogP contribution in [0.5, 0.6) is 11.5 Å². The Morgan fingerprint density at radius 1 is 1.15 bits per heavy atom. The van der Waals surface area contributed by atoms with Crippen molar-refractivity contribution < 1.29 is 19.4 Å². The summed E-state index contributed by atoms with van der Waals surface area (Å²) in [6.45, 7) is 9.94. The van der Waals surface area contributed by atoms with Crippen molar-refractivity contribution in [2.45, 2.75) is 54.1 Å². The molecule has 1 aromatic rings. The van der Waals surface area contributed by atoms with Gasteiger partial charge in [0.1, 0.15) is 11.5 Å². The van der Waals surface area contributed by atoms with Gasteiger partial charge in [0.15, 0.2) is 0 Å². The predicted molar refractivity (Wildman–Crippen MR) is 78.2 cm³/mol. The van der Waals surface area contributed by atoms with E-state index in [9.17, 15) is 9.90 Å². The van der Waals surface area contributed by atoms with Gasteiger partial charge in [-0.1, -0.05) is 13.3 Å². The van der Waals surface area contributed by atoms with Crippen molar-refractivity contribution in [2.75, 3.05) is 6.61 Å². The molecule has 1 N–H and O–H groups in total. The highest BCUT2D eigenvalue weighted by Gasteiger charge is 2.19. The standard InChI is InChI=1S/C16H24O4/c1-6-7-8-19-9-14-12(4)16(20-13(5)17)11(3)10(2)15(14)18/h18H,6-9H2,1-5H3. The van der Waals surface area contributed by atoms with Crippen molar-refractivity contribution >= 4 is 5.97 Å². The molecule has 1 rings (SSSR count).